The number of carbonyl (C=O) groups excluding carboxylic acids is 2. The van der Waals surface area contributed by atoms with Gasteiger partial charge in [-0.1, -0.05) is 36.4 Å². The molecular weight excluding hydrogens is 432 g/mol. The van der Waals surface area contributed by atoms with E-state index in [4.69, 9.17) is 9.47 Å². The fourth-order valence-corrected chi connectivity index (χ4v) is 4.56. The Labute approximate surface area is 201 Å². The molecule has 0 aliphatic carbocycles. The minimum Gasteiger partial charge on any atom is -0.495 e. The average Bonchev–Trinajstić information content (AvgIpc) is 2.86. The summed E-state index contributed by atoms with van der Waals surface area (Å²) >= 11 is 0. The maximum atomic E-state index is 13.6. The van der Waals surface area contributed by atoms with E-state index in [1.165, 1.54) is 0 Å². The Balaban J connectivity index is 1.44. The number of anilines is 1. The highest BCUT2D eigenvalue weighted by atomic mass is 16.5. The van der Waals surface area contributed by atoms with Crippen LogP contribution in [0.25, 0.3) is 0 Å². The van der Waals surface area contributed by atoms with Gasteiger partial charge in [0.2, 0.25) is 11.8 Å². The number of hydrogen-bond donors (Lipinski definition) is 1. The van der Waals surface area contributed by atoms with Gasteiger partial charge in [0.1, 0.15) is 11.8 Å². The van der Waals surface area contributed by atoms with Gasteiger partial charge in [0.05, 0.1) is 32.6 Å². The predicted molar refractivity (Wildman–Crippen MR) is 131 cm³/mol. The molecule has 0 spiro atoms. The van der Waals surface area contributed by atoms with Gasteiger partial charge in [0.25, 0.3) is 0 Å². The zero-order chi connectivity index (χ0) is 23.9. The van der Waals surface area contributed by atoms with Crippen LogP contribution in [-0.4, -0.2) is 92.7 Å². The Morgan fingerprint density at radius 3 is 2.38 bits per heavy atom. The molecule has 182 valence electrons. The number of piperazine rings is 1. The summed E-state index contributed by atoms with van der Waals surface area (Å²) in [5, 5.41) is 3.08. The summed E-state index contributed by atoms with van der Waals surface area (Å²) in [5.41, 5.74) is 2.63. The van der Waals surface area contributed by atoms with Crippen LogP contribution in [0, 0.1) is 6.92 Å². The fraction of sp³-hybridized carbons (Fsp3) is 0.462. The van der Waals surface area contributed by atoms with Crippen LogP contribution in [0.3, 0.4) is 0 Å². The highest BCUT2D eigenvalue weighted by Crippen LogP contribution is 2.29. The molecule has 2 fully saturated rings. The normalized spacial score (nSPS) is 18.4. The molecule has 0 bridgehead atoms. The third-order valence-electron chi connectivity index (χ3n) is 6.47. The SMILES string of the molecule is COc1ccc(C)cc1NC(=O)C(c1ccccc1)N1CCN(C(=O)CN2CCOCC2)CC1. The number of rotatable bonds is 7. The van der Waals surface area contributed by atoms with Crippen LogP contribution >= 0.6 is 0 Å². The monoisotopic (exact) mass is 466 g/mol. The van der Waals surface area contributed by atoms with Gasteiger partial charge in [-0.15, -0.1) is 0 Å². The lowest BCUT2D eigenvalue weighted by molar-refractivity contribution is -0.136. The van der Waals surface area contributed by atoms with Gasteiger partial charge < -0.3 is 19.7 Å². The van der Waals surface area contributed by atoms with E-state index in [1.54, 1.807) is 7.11 Å². The average molecular weight is 467 g/mol. The summed E-state index contributed by atoms with van der Waals surface area (Å²) in [6, 6.07) is 15.1. The highest BCUT2D eigenvalue weighted by molar-refractivity contribution is 5.97. The van der Waals surface area contributed by atoms with Crippen LogP contribution in [0.15, 0.2) is 48.5 Å². The number of morpholine rings is 1. The van der Waals surface area contributed by atoms with Crippen molar-refractivity contribution in [1.29, 1.82) is 0 Å². The molecule has 2 saturated heterocycles. The van der Waals surface area contributed by atoms with E-state index in [1.807, 2.05) is 60.4 Å². The second-order valence-corrected chi connectivity index (χ2v) is 8.81. The summed E-state index contributed by atoms with van der Waals surface area (Å²) in [4.78, 5) is 32.6. The number of methoxy groups -OCH3 is 1. The quantitative estimate of drug-likeness (QED) is 0.674. The van der Waals surface area contributed by atoms with Crippen LogP contribution < -0.4 is 10.1 Å². The Hall–Kier alpha value is -2.94. The van der Waals surface area contributed by atoms with Crippen molar-refractivity contribution >= 4 is 17.5 Å². The number of benzene rings is 2. The Morgan fingerprint density at radius 1 is 1.00 bits per heavy atom. The predicted octanol–water partition coefficient (Wildman–Crippen LogP) is 2.16. The molecule has 1 atom stereocenters. The van der Waals surface area contributed by atoms with E-state index in [9.17, 15) is 9.59 Å². The molecule has 0 saturated carbocycles. The van der Waals surface area contributed by atoms with E-state index in [2.05, 4.69) is 15.1 Å². The van der Waals surface area contributed by atoms with E-state index < -0.39 is 6.04 Å². The van der Waals surface area contributed by atoms with Gasteiger partial charge in [0.15, 0.2) is 0 Å². The lowest BCUT2D eigenvalue weighted by Gasteiger charge is -2.39. The Kier molecular flexibility index (Phi) is 8.16. The molecule has 4 rings (SSSR count). The Morgan fingerprint density at radius 2 is 1.71 bits per heavy atom. The lowest BCUT2D eigenvalue weighted by atomic mass is 10.0. The maximum absolute atomic E-state index is 13.6. The number of ether oxygens (including phenoxy) is 2. The highest BCUT2D eigenvalue weighted by Gasteiger charge is 2.32. The molecule has 2 aliphatic rings. The van der Waals surface area contributed by atoms with Gasteiger partial charge in [-0.2, -0.15) is 0 Å². The van der Waals surface area contributed by atoms with Crippen molar-refractivity contribution in [3.05, 3.63) is 59.7 Å². The molecule has 2 aromatic rings. The van der Waals surface area contributed by atoms with Crippen LogP contribution in [0.5, 0.6) is 5.75 Å². The second kappa shape index (κ2) is 11.5. The molecular formula is C26H34N4O4. The molecule has 2 aromatic carbocycles. The van der Waals surface area contributed by atoms with Crippen LogP contribution in [0.1, 0.15) is 17.2 Å². The molecule has 0 aromatic heterocycles. The van der Waals surface area contributed by atoms with Crippen LogP contribution in [-0.2, 0) is 14.3 Å². The summed E-state index contributed by atoms with van der Waals surface area (Å²) in [6.45, 7) is 7.84. The largest absolute Gasteiger partial charge is 0.495 e. The molecule has 8 nitrogen and oxygen atoms in total. The molecule has 2 heterocycles. The van der Waals surface area contributed by atoms with Crippen molar-refractivity contribution < 1.29 is 19.1 Å². The summed E-state index contributed by atoms with van der Waals surface area (Å²) in [5.74, 6) is 0.666. The minimum absolute atomic E-state index is 0.108. The van der Waals surface area contributed by atoms with Gasteiger partial charge in [0, 0.05) is 39.3 Å². The summed E-state index contributed by atoms with van der Waals surface area (Å²) in [7, 11) is 1.60. The van der Waals surface area contributed by atoms with Crippen molar-refractivity contribution in [2.45, 2.75) is 13.0 Å². The zero-order valence-corrected chi connectivity index (χ0v) is 20.0. The van der Waals surface area contributed by atoms with Gasteiger partial charge >= 0.3 is 0 Å². The van der Waals surface area contributed by atoms with Crippen LogP contribution in [0.2, 0.25) is 0 Å². The van der Waals surface area contributed by atoms with Gasteiger partial charge in [-0.3, -0.25) is 19.4 Å². The molecule has 34 heavy (non-hydrogen) atoms. The first-order chi connectivity index (χ1) is 16.5. The van der Waals surface area contributed by atoms with Crippen molar-refractivity contribution in [1.82, 2.24) is 14.7 Å². The second-order valence-electron chi connectivity index (χ2n) is 8.81. The van der Waals surface area contributed by atoms with Crippen molar-refractivity contribution in [2.75, 3.05) is 71.5 Å². The van der Waals surface area contributed by atoms with Crippen molar-refractivity contribution in [3.63, 3.8) is 0 Å². The number of nitrogens with one attached hydrogen (secondary N) is 1. The van der Waals surface area contributed by atoms with Crippen molar-refractivity contribution in [3.8, 4) is 5.75 Å². The number of hydrogen-bond acceptors (Lipinski definition) is 6. The van der Waals surface area contributed by atoms with E-state index in [0.717, 1.165) is 24.2 Å². The molecule has 2 amide bonds. The first kappa shape index (κ1) is 24.2. The van der Waals surface area contributed by atoms with Gasteiger partial charge in [-0.05, 0) is 30.2 Å². The first-order valence-electron chi connectivity index (χ1n) is 11.9. The maximum Gasteiger partial charge on any atom is 0.246 e. The third-order valence-corrected chi connectivity index (χ3v) is 6.47. The van der Waals surface area contributed by atoms with Gasteiger partial charge in [-0.25, -0.2) is 0 Å². The van der Waals surface area contributed by atoms with E-state index in [-0.39, 0.29) is 11.8 Å². The fourth-order valence-electron chi connectivity index (χ4n) is 4.56. The molecule has 1 N–H and O–H groups in total. The number of carbonyl (C=O) groups is 2. The molecule has 0 radical (unpaired) electrons. The van der Waals surface area contributed by atoms with Crippen molar-refractivity contribution in [2.24, 2.45) is 0 Å². The zero-order valence-electron chi connectivity index (χ0n) is 20.0. The number of amides is 2. The molecule has 8 heteroatoms. The van der Waals surface area contributed by atoms with E-state index >= 15 is 0 Å². The first-order valence-corrected chi connectivity index (χ1v) is 11.9. The van der Waals surface area contributed by atoms with E-state index in [0.29, 0.717) is 57.4 Å². The number of aryl methyl sites for hydroxylation is 1. The summed E-state index contributed by atoms with van der Waals surface area (Å²) in [6.07, 6.45) is 0. The topological polar surface area (TPSA) is 74.4 Å². The third kappa shape index (κ3) is 5.94. The minimum atomic E-state index is -0.456. The standard InChI is InChI=1S/C26H34N4O4/c1-20-8-9-23(33-2)22(18-20)27-26(32)25(21-6-4-3-5-7-21)30-12-10-29(11-13-30)24(31)19-28-14-16-34-17-15-28/h3-9,18,25H,10-17,19H2,1-2H3,(H,27,32). The smallest absolute Gasteiger partial charge is 0.246 e. The lowest BCUT2D eigenvalue weighted by Crippen LogP contribution is -2.54. The van der Waals surface area contributed by atoms with Crippen LogP contribution in [0.4, 0.5) is 5.69 Å². The molecule has 1 unspecified atom stereocenters. The molecule has 2 aliphatic heterocycles. The summed E-state index contributed by atoms with van der Waals surface area (Å²) < 4.78 is 10.8. The Bertz CT molecular complexity index is 970. The number of nitrogens with zero attached hydrogens (tertiary/aromatic N) is 3.